The Kier molecular flexibility index (Phi) is 5.86. The molecule has 1 aliphatic rings. The number of hydrogen-bond acceptors (Lipinski definition) is 6. The number of halogens is 1. The summed E-state index contributed by atoms with van der Waals surface area (Å²) < 4.78 is 18.4. The van der Waals surface area contributed by atoms with E-state index in [1.54, 1.807) is 24.3 Å². The summed E-state index contributed by atoms with van der Waals surface area (Å²) in [4.78, 5) is 14.3. The fourth-order valence-corrected chi connectivity index (χ4v) is 2.48. The molecule has 2 aromatic rings. The summed E-state index contributed by atoms with van der Waals surface area (Å²) in [5, 5.41) is 13.6. The van der Waals surface area contributed by atoms with E-state index in [9.17, 15) is 9.18 Å². The molecule has 0 radical (unpaired) electrons. The van der Waals surface area contributed by atoms with Crippen LogP contribution >= 0.6 is 0 Å². The molecule has 0 bridgehead atoms. The van der Waals surface area contributed by atoms with E-state index in [0.717, 1.165) is 32.8 Å². The number of carbonyl (C=O) groups is 1. The van der Waals surface area contributed by atoms with Gasteiger partial charge in [0, 0.05) is 31.9 Å². The van der Waals surface area contributed by atoms with Crippen molar-refractivity contribution in [2.75, 3.05) is 44.7 Å². The maximum Gasteiger partial charge on any atom is 0.271 e. The van der Waals surface area contributed by atoms with Gasteiger partial charge < -0.3 is 15.4 Å². The van der Waals surface area contributed by atoms with Crippen LogP contribution in [0.3, 0.4) is 0 Å². The maximum atomic E-state index is 13.2. The summed E-state index contributed by atoms with van der Waals surface area (Å²) >= 11 is 0. The summed E-state index contributed by atoms with van der Waals surface area (Å²) in [6.45, 7) is 4.57. The van der Waals surface area contributed by atoms with E-state index in [2.05, 4.69) is 25.7 Å². The highest BCUT2D eigenvalue weighted by atomic mass is 19.1. The molecule has 1 saturated heterocycles. The van der Waals surface area contributed by atoms with Gasteiger partial charge >= 0.3 is 0 Å². The zero-order valence-electron chi connectivity index (χ0n) is 13.7. The van der Waals surface area contributed by atoms with Gasteiger partial charge in [-0.25, -0.2) is 4.39 Å². The predicted octanol–water partition coefficient (Wildman–Crippen LogP) is 1.42. The minimum absolute atomic E-state index is 0.242. The lowest BCUT2D eigenvalue weighted by Gasteiger charge is -2.26. The highest BCUT2D eigenvalue weighted by Gasteiger charge is 2.12. The average Bonchev–Trinajstić information content (AvgIpc) is 2.63. The summed E-state index contributed by atoms with van der Waals surface area (Å²) in [5.41, 5.74) is 0.809. The fourth-order valence-electron chi connectivity index (χ4n) is 2.48. The van der Waals surface area contributed by atoms with Gasteiger partial charge in [-0.3, -0.25) is 9.69 Å². The molecule has 1 aromatic heterocycles. The van der Waals surface area contributed by atoms with Gasteiger partial charge in [-0.1, -0.05) is 6.07 Å². The Labute approximate surface area is 145 Å². The smallest absolute Gasteiger partial charge is 0.271 e. The molecule has 0 atom stereocenters. The fraction of sp³-hybridized carbons (Fsp3) is 0.353. The molecular formula is C17H20FN5O2. The van der Waals surface area contributed by atoms with Crippen LogP contribution in [0.5, 0.6) is 0 Å². The third-order valence-electron chi connectivity index (χ3n) is 3.81. The van der Waals surface area contributed by atoms with Gasteiger partial charge in [0.25, 0.3) is 5.91 Å². The van der Waals surface area contributed by atoms with Crippen molar-refractivity contribution in [3.8, 4) is 0 Å². The van der Waals surface area contributed by atoms with Crippen molar-refractivity contribution in [3.05, 3.63) is 47.9 Å². The molecule has 0 aliphatic carbocycles. The lowest BCUT2D eigenvalue weighted by Crippen LogP contribution is -2.41. The number of anilines is 2. The van der Waals surface area contributed by atoms with Crippen molar-refractivity contribution < 1.29 is 13.9 Å². The van der Waals surface area contributed by atoms with E-state index >= 15 is 0 Å². The van der Waals surface area contributed by atoms with Gasteiger partial charge in [-0.15, -0.1) is 10.2 Å². The molecule has 2 heterocycles. The highest BCUT2D eigenvalue weighted by molar-refractivity contribution is 5.92. The van der Waals surface area contributed by atoms with Crippen LogP contribution in [-0.4, -0.2) is 60.4 Å². The van der Waals surface area contributed by atoms with E-state index in [-0.39, 0.29) is 17.4 Å². The molecule has 3 rings (SSSR count). The van der Waals surface area contributed by atoms with Crippen molar-refractivity contribution in [2.24, 2.45) is 0 Å². The van der Waals surface area contributed by atoms with Crippen LogP contribution in [0.2, 0.25) is 0 Å². The average molecular weight is 345 g/mol. The number of morpholine rings is 1. The van der Waals surface area contributed by atoms with Crippen molar-refractivity contribution in [1.29, 1.82) is 0 Å². The molecule has 8 heteroatoms. The molecule has 1 aromatic carbocycles. The number of aromatic nitrogens is 2. The molecule has 0 spiro atoms. The van der Waals surface area contributed by atoms with Crippen LogP contribution in [0.15, 0.2) is 36.4 Å². The molecule has 2 N–H and O–H groups in total. The SMILES string of the molecule is O=C(NCCN1CCOCC1)c1ccc(Nc2cccc(F)c2)nn1. The Morgan fingerprint density at radius 1 is 1.20 bits per heavy atom. The predicted molar refractivity (Wildman–Crippen MR) is 91.3 cm³/mol. The van der Waals surface area contributed by atoms with Crippen molar-refractivity contribution in [3.63, 3.8) is 0 Å². The lowest BCUT2D eigenvalue weighted by molar-refractivity contribution is 0.0383. The molecule has 7 nitrogen and oxygen atoms in total. The largest absolute Gasteiger partial charge is 0.379 e. The molecule has 1 aliphatic heterocycles. The zero-order chi connectivity index (χ0) is 17.5. The first-order valence-corrected chi connectivity index (χ1v) is 8.15. The van der Waals surface area contributed by atoms with Gasteiger partial charge in [0.15, 0.2) is 11.5 Å². The van der Waals surface area contributed by atoms with E-state index < -0.39 is 0 Å². The topological polar surface area (TPSA) is 79.4 Å². The molecule has 1 amide bonds. The standard InChI is InChI=1S/C17H20FN5O2/c18-13-2-1-3-14(12-13)20-16-5-4-15(21-22-16)17(24)19-6-7-23-8-10-25-11-9-23/h1-5,12H,6-11H2,(H,19,24)(H,20,22). The van der Waals surface area contributed by atoms with Crippen LogP contribution in [-0.2, 0) is 4.74 Å². The maximum absolute atomic E-state index is 13.2. The first-order valence-electron chi connectivity index (χ1n) is 8.15. The summed E-state index contributed by atoms with van der Waals surface area (Å²) in [6, 6.07) is 9.25. The zero-order valence-corrected chi connectivity index (χ0v) is 13.7. The highest BCUT2D eigenvalue weighted by Crippen LogP contribution is 2.14. The van der Waals surface area contributed by atoms with Crippen LogP contribution in [0.4, 0.5) is 15.9 Å². The Morgan fingerprint density at radius 3 is 2.76 bits per heavy atom. The Hall–Kier alpha value is -2.58. The second-order valence-electron chi connectivity index (χ2n) is 5.65. The number of benzene rings is 1. The Balaban J connectivity index is 1.48. The van der Waals surface area contributed by atoms with Gasteiger partial charge in [-0.2, -0.15) is 0 Å². The normalized spacial score (nSPS) is 14.9. The van der Waals surface area contributed by atoms with Gasteiger partial charge in [0.2, 0.25) is 0 Å². The second kappa shape index (κ2) is 8.50. The molecule has 0 saturated carbocycles. The summed E-state index contributed by atoms with van der Waals surface area (Å²) in [5.74, 6) is -0.164. The van der Waals surface area contributed by atoms with Crippen molar-refractivity contribution >= 4 is 17.4 Å². The molecule has 0 unspecified atom stereocenters. The number of carbonyl (C=O) groups excluding carboxylic acids is 1. The Bertz CT molecular complexity index is 704. The van der Waals surface area contributed by atoms with Gasteiger partial charge in [0.05, 0.1) is 13.2 Å². The van der Waals surface area contributed by atoms with E-state index in [1.165, 1.54) is 12.1 Å². The van der Waals surface area contributed by atoms with Crippen molar-refractivity contribution in [1.82, 2.24) is 20.4 Å². The van der Waals surface area contributed by atoms with Crippen LogP contribution in [0.1, 0.15) is 10.5 Å². The first-order chi connectivity index (χ1) is 12.2. The van der Waals surface area contributed by atoms with Gasteiger partial charge in [-0.05, 0) is 30.3 Å². The monoisotopic (exact) mass is 345 g/mol. The third kappa shape index (κ3) is 5.20. The summed E-state index contributed by atoms with van der Waals surface area (Å²) in [6.07, 6.45) is 0. The number of ether oxygens (including phenoxy) is 1. The molecule has 25 heavy (non-hydrogen) atoms. The quantitative estimate of drug-likeness (QED) is 0.824. The molecular weight excluding hydrogens is 325 g/mol. The lowest BCUT2D eigenvalue weighted by atomic mass is 10.3. The second-order valence-corrected chi connectivity index (χ2v) is 5.65. The number of nitrogens with one attached hydrogen (secondary N) is 2. The van der Waals surface area contributed by atoms with E-state index in [4.69, 9.17) is 4.74 Å². The minimum atomic E-state index is -0.339. The number of rotatable bonds is 6. The first kappa shape index (κ1) is 17.2. The number of amides is 1. The molecule has 132 valence electrons. The van der Waals surface area contributed by atoms with Crippen molar-refractivity contribution in [2.45, 2.75) is 0 Å². The van der Waals surface area contributed by atoms with Crippen LogP contribution in [0.25, 0.3) is 0 Å². The molecule has 1 fully saturated rings. The van der Waals surface area contributed by atoms with Crippen LogP contribution < -0.4 is 10.6 Å². The van der Waals surface area contributed by atoms with Gasteiger partial charge in [0.1, 0.15) is 5.82 Å². The van der Waals surface area contributed by atoms with E-state index in [0.29, 0.717) is 18.1 Å². The number of nitrogens with zero attached hydrogens (tertiary/aromatic N) is 3. The third-order valence-corrected chi connectivity index (χ3v) is 3.81. The number of hydrogen-bond donors (Lipinski definition) is 2. The van der Waals surface area contributed by atoms with E-state index in [1.807, 2.05) is 0 Å². The summed E-state index contributed by atoms with van der Waals surface area (Å²) in [7, 11) is 0. The Morgan fingerprint density at radius 2 is 2.04 bits per heavy atom. The van der Waals surface area contributed by atoms with Crippen LogP contribution in [0, 0.1) is 5.82 Å². The minimum Gasteiger partial charge on any atom is -0.379 e.